The van der Waals surface area contributed by atoms with Crippen molar-refractivity contribution in [1.82, 2.24) is 19.7 Å². The molecule has 0 saturated heterocycles. The molecule has 2 heterocycles. The zero-order chi connectivity index (χ0) is 14.1. The molecule has 0 spiro atoms. The number of rotatable bonds is 3. The Morgan fingerprint density at radius 2 is 2.20 bits per heavy atom. The lowest BCUT2D eigenvalue weighted by Crippen LogP contribution is -1.94. The largest absolute Gasteiger partial charge is 0.438 e. The number of fused-ring (bicyclic) bond motifs is 1. The number of nitro groups is 1. The van der Waals surface area contributed by atoms with Gasteiger partial charge in [-0.25, -0.2) is 9.97 Å². The Labute approximate surface area is 112 Å². The van der Waals surface area contributed by atoms with Gasteiger partial charge in [-0.15, -0.1) is 0 Å². The van der Waals surface area contributed by atoms with E-state index in [2.05, 4.69) is 15.1 Å². The van der Waals surface area contributed by atoms with Gasteiger partial charge < -0.3 is 4.74 Å². The van der Waals surface area contributed by atoms with Crippen molar-refractivity contribution in [3.63, 3.8) is 0 Å². The van der Waals surface area contributed by atoms with Crippen LogP contribution >= 0.6 is 0 Å². The Morgan fingerprint density at radius 1 is 1.35 bits per heavy atom. The minimum absolute atomic E-state index is 0.0426. The van der Waals surface area contributed by atoms with Crippen LogP contribution in [0, 0.1) is 10.1 Å². The molecule has 8 nitrogen and oxygen atoms in total. The van der Waals surface area contributed by atoms with Crippen molar-refractivity contribution in [2.45, 2.75) is 0 Å². The maximum atomic E-state index is 10.7. The smallest absolute Gasteiger partial charge is 0.273 e. The molecule has 0 aliphatic carbocycles. The molecule has 3 aromatic rings. The fourth-order valence-electron chi connectivity index (χ4n) is 1.79. The van der Waals surface area contributed by atoms with E-state index >= 15 is 0 Å². The second-order valence-corrected chi connectivity index (χ2v) is 4.04. The lowest BCUT2D eigenvalue weighted by Gasteiger charge is -2.04. The number of benzene rings is 1. The molecule has 20 heavy (non-hydrogen) atoms. The van der Waals surface area contributed by atoms with Gasteiger partial charge in [-0.1, -0.05) is 6.07 Å². The molecule has 0 N–H and O–H groups in total. The van der Waals surface area contributed by atoms with Crippen LogP contribution in [-0.2, 0) is 7.05 Å². The quantitative estimate of drug-likeness (QED) is 0.534. The molecular formula is C12H9N5O3. The second kappa shape index (κ2) is 4.57. The summed E-state index contributed by atoms with van der Waals surface area (Å²) in [5, 5.41) is 15.4. The Bertz CT molecular complexity index is 799. The fourth-order valence-corrected chi connectivity index (χ4v) is 1.79. The van der Waals surface area contributed by atoms with Gasteiger partial charge in [0, 0.05) is 13.1 Å². The van der Waals surface area contributed by atoms with E-state index in [1.165, 1.54) is 18.5 Å². The van der Waals surface area contributed by atoms with E-state index in [9.17, 15) is 10.1 Å². The van der Waals surface area contributed by atoms with Gasteiger partial charge in [0.2, 0.25) is 5.88 Å². The third kappa shape index (κ3) is 2.03. The molecule has 0 atom stereocenters. The summed E-state index contributed by atoms with van der Waals surface area (Å²) in [6.07, 6.45) is 2.94. The molecule has 2 aromatic heterocycles. The SMILES string of the molecule is Cn1ncc2c(Oc3cccc([N+](=O)[O-])c3)ncnc21. The van der Waals surface area contributed by atoms with E-state index in [1.807, 2.05) is 0 Å². The molecule has 0 fully saturated rings. The van der Waals surface area contributed by atoms with Gasteiger partial charge in [0.05, 0.1) is 17.2 Å². The van der Waals surface area contributed by atoms with E-state index in [4.69, 9.17) is 4.74 Å². The molecule has 0 unspecified atom stereocenters. The number of hydrogen-bond acceptors (Lipinski definition) is 6. The molecule has 0 aliphatic rings. The van der Waals surface area contributed by atoms with E-state index in [1.54, 1.807) is 30.1 Å². The number of nitrogens with zero attached hydrogens (tertiary/aromatic N) is 5. The maximum absolute atomic E-state index is 10.7. The highest BCUT2D eigenvalue weighted by Crippen LogP contribution is 2.28. The van der Waals surface area contributed by atoms with Crippen molar-refractivity contribution in [3.8, 4) is 11.6 Å². The van der Waals surface area contributed by atoms with Crippen molar-refractivity contribution < 1.29 is 9.66 Å². The normalized spacial score (nSPS) is 10.7. The van der Waals surface area contributed by atoms with Gasteiger partial charge in [0.15, 0.2) is 5.65 Å². The highest BCUT2D eigenvalue weighted by molar-refractivity contribution is 5.79. The van der Waals surface area contributed by atoms with Crippen LogP contribution in [0.25, 0.3) is 11.0 Å². The Hall–Kier alpha value is -3.03. The van der Waals surface area contributed by atoms with Gasteiger partial charge >= 0.3 is 0 Å². The van der Waals surface area contributed by atoms with Crippen molar-refractivity contribution in [3.05, 3.63) is 46.9 Å². The molecule has 0 saturated carbocycles. The number of hydrogen-bond donors (Lipinski definition) is 0. The highest BCUT2D eigenvalue weighted by Gasteiger charge is 2.12. The van der Waals surface area contributed by atoms with Crippen LogP contribution in [0.3, 0.4) is 0 Å². The first-order valence-corrected chi connectivity index (χ1v) is 5.70. The van der Waals surface area contributed by atoms with Crippen molar-refractivity contribution in [2.75, 3.05) is 0 Å². The lowest BCUT2D eigenvalue weighted by atomic mass is 10.3. The zero-order valence-corrected chi connectivity index (χ0v) is 10.4. The zero-order valence-electron chi connectivity index (χ0n) is 10.4. The Kier molecular flexibility index (Phi) is 2.75. The molecule has 0 aliphatic heterocycles. The molecule has 0 amide bonds. The molecule has 3 rings (SSSR count). The summed E-state index contributed by atoms with van der Waals surface area (Å²) in [7, 11) is 1.76. The molecule has 100 valence electrons. The van der Waals surface area contributed by atoms with Crippen molar-refractivity contribution in [2.24, 2.45) is 7.05 Å². The van der Waals surface area contributed by atoms with Crippen molar-refractivity contribution in [1.29, 1.82) is 0 Å². The van der Waals surface area contributed by atoms with E-state index in [-0.39, 0.29) is 5.69 Å². The van der Waals surface area contributed by atoms with Crippen LogP contribution < -0.4 is 4.74 Å². The van der Waals surface area contributed by atoms with Crippen LogP contribution in [0.15, 0.2) is 36.8 Å². The van der Waals surface area contributed by atoms with Crippen LogP contribution in [-0.4, -0.2) is 24.7 Å². The fraction of sp³-hybridized carbons (Fsp3) is 0.0833. The summed E-state index contributed by atoms with van der Waals surface area (Å²) < 4.78 is 7.18. The number of non-ortho nitro benzene ring substituents is 1. The standard InChI is InChI=1S/C12H9N5O3/c1-16-11-10(6-15-16)12(14-7-13-11)20-9-4-2-3-8(5-9)17(18)19/h2-7H,1H3. The summed E-state index contributed by atoms with van der Waals surface area (Å²) in [5.74, 6) is 0.645. The van der Waals surface area contributed by atoms with Crippen LogP contribution in [0.4, 0.5) is 5.69 Å². The lowest BCUT2D eigenvalue weighted by molar-refractivity contribution is -0.384. The van der Waals surface area contributed by atoms with Crippen LogP contribution in [0.1, 0.15) is 0 Å². The first-order chi connectivity index (χ1) is 9.65. The number of aryl methyl sites for hydroxylation is 1. The van der Waals surface area contributed by atoms with Crippen LogP contribution in [0.5, 0.6) is 11.6 Å². The molecule has 8 heteroatoms. The molecule has 0 bridgehead atoms. The number of ether oxygens (including phenoxy) is 1. The maximum Gasteiger partial charge on any atom is 0.273 e. The van der Waals surface area contributed by atoms with E-state index in [0.717, 1.165) is 0 Å². The predicted octanol–water partition coefficient (Wildman–Crippen LogP) is 2.06. The summed E-state index contributed by atoms with van der Waals surface area (Å²) in [6, 6.07) is 5.91. The van der Waals surface area contributed by atoms with Crippen molar-refractivity contribution >= 4 is 16.7 Å². The molecular weight excluding hydrogens is 262 g/mol. The summed E-state index contributed by atoms with van der Waals surface area (Å²) in [5.41, 5.74) is 0.583. The minimum Gasteiger partial charge on any atom is -0.438 e. The van der Waals surface area contributed by atoms with Gasteiger partial charge in [-0.3, -0.25) is 14.8 Å². The van der Waals surface area contributed by atoms with Crippen LogP contribution in [0.2, 0.25) is 0 Å². The third-order valence-corrected chi connectivity index (χ3v) is 2.74. The average Bonchev–Trinajstić information content (AvgIpc) is 2.82. The van der Waals surface area contributed by atoms with E-state index in [0.29, 0.717) is 22.7 Å². The first-order valence-electron chi connectivity index (χ1n) is 5.70. The summed E-state index contributed by atoms with van der Waals surface area (Å²) in [6.45, 7) is 0. The van der Waals surface area contributed by atoms with Gasteiger partial charge in [0.1, 0.15) is 17.5 Å². The Balaban J connectivity index is 2.01. The van der Waals surface area contributed by atoms with Gasteiger partial charge in [-0.05, 0) is 6.07 Å². The topological polar surface area (TPSA) is 96.0 Å². The Morgan fingerprint density at radius 3 is 3.00 bits per heavy atom. The number of aromatic nitrogens is 4. The number of nitro benzene ring substituents is 1. The highest BCUT2D eigenvalue weighted by atomic mass is 16.6. The van der Waals surface area contributed by atoms with E-state index < -0.39 is 4.92 Å². The van der Waals surface area contributed by atoms with Gasteiger partial charge in [-0.2, -0.15) is 5.10 Å². The summed E-state index contributed by atoms with van der Waals surface area (Å²) >= 11 is 0. The third-order valence-electron chi connectivity index (χ3n) is 2.74. The summed E-state index contributed by atoms with van der Waals surface area (Å²) in [4.78, 5) is 18.4. The monoisotopic (exact) mass is 271 g/mol. The minimum atomic E-state index is -0.480. The first kappa shape index (κ1) is 12.0. The second-order valence-electron chi connectivity index (χ2n) is 4.04. The molecule has 1 aromatic carbocycles. The van der Waals surface area contributed by atoms with Gasteiger partial charge in [0.25, 0.3) is 5.69 Å². The molecule has 0 radical (unpaired) electrons. The average molecular weight is 271 g/mol. The predicted molar refractivity (Wildman–Crippen MR) is 69.5 cm³/mol.